The molecule has 0 aromatic heterocycles. The van der Waals surface area contributed by atoms with Gasteiger partial charge in [0.15, 0.2) is 0 Å². The van der Waals surface area contributed by atoms with E-state index in [-0.39, 0.29) is 11.3 Å². The summed E-state index contributed by atoms with van der Waals surface area (Å²) < 4.78 is 81.1. The lowest BCUT2D eigenvalue weighted by Gasteiger charge is -2.18. The molecule has 1 rings (SSSR count). The molecule has 0 saturated carbocycles. The van der Waals surface area contributed by atoms with Gasteiger partial charge in [-0.3, -0.25) is 0 Å². The van der Waals surface area contributed by atoms with Gasteiger partial charge in [-0.2, -0.15) is 13.2 Å². The predicted molar refractivity (Wildman–Crippen MR) is 57.3 cm³/mol. The van der Waals surface area contributed by atoms with Crippen LogP contribution in [-0.2, 0) is 0 Å². The molecular formula is C11H11F6NO2. The quantitative estimate of drug-likeness (QED) is 0.865. The number of hydrogen-bond acceptors (Lipinski definition) is 3. The van der Waals surface area contributed by atoms with Crippen LogP contribution < -0.4 is 15.2 Å². The van der Waals surface area contributed by atoms with Crippen molar-refractivity contribution in [2.45, 2.75) is 25.0 Å². The highest BCUT2D eigenvalue weighted by Gasteiger charge is 2.33. The maximum atomic E-state index is 12.2. The van der Waals surface area contributed by atoms with Crippen LogP contribution in [0.5, 0.6) is 11.5 Å². The Morgan fingerprint density at radius 2 is 1.75 bits per heavy atom. The van der Waals surface area contributed by atoms with E-state index in [0.29, 0.717) is 0 Å². The fourth-order valence-corrected chi connectivity index (χ4v) is 1.55. The molecule has 2 N–H and O–H groups in total. The number of hydrogen-bond donors (Lipinski definition) is 1. The van der Waals surface area contributed by atoms with Crippen molar-refractivity contribution >= 4 is 0 Å². The Morgan fingerprint density at radius 1 is 1.15 bits per heavy atom. The Labute approximate surface area is 110 Å². The molecule has 1 aromatic carbocycles. The number of benzene rings is 1. The molecule has 0 amide bonds. The molecule has 0 aliphatic heterocycles. The van der Waals surface area contributed by atoms with Gasteiger partial charge in [0, 0.05) is 17.7 Å². The molecule has 0 unspecified atom stereocenters. The predicted octanol–water partition coefficient (Wildman–Crippen LogP) is 3.55. The van der Waals surface area contributed by atoms with E-state index >= 15 is 0 Å². The lowest BCUT2D eigenvalue weighted by molar-refractivity contribution is -0.274. The molecule has 1 atom stereocenters. The largest absolute Gasteiger partial charge is 0.573 e. The number of methoxy groups -OCH3 is 1. The molecule has 0 heterocycles. The number of halogens is 6. The standard InChI is InChI=1S/C11H11F6NO2/c1-19-9-4-6(20-11(15,16)17)2-3-7(9)8(18)5-10(12,13)14/h2-4,8H,5,18H2,1H3/t8-/m0/s1. The molecular weight excluding hydrogens is 292 g/mol. The topological polar surface area (TPSA) is 44.5 Å². The van der Waals surface area contributed by atoms with Gasteiger partial charge in [-0.15, -0.1) is 13.2 Å². The summed E-state index contributed by atoms with van der Waals surface area (Å²) in [5.41, 5.74) is 5.32. The van der Waals surface area contributed by atoms with Crippen LogP contribution in [0.25, 0.3) is 0 Å². The van der Waals surface area contributed by atoms with Crippen molar-refractivity contribution in [2.75, 3.05) is 7.11 Å². The molecule has 0 saturated heterocycles. The van der Waals surface area contributed by atoms with Gasteiger partial charge < -0.3 is 15.2 Å². The van der Waals surface area contributed by atoms with Crippen molar-refractivity contribution in [3.63, 3.8) is 0 Å². The van der Waals surface area contributed by atoms with Gasteiger partial charge in [0.2, 0.25) is 0 Å². The molecule has 114 valence electrons. The van der Waals surface area contributed by atoms with Crippen molar-refractivity contribution in [3.05, 3.63) is 23.8 Å². The molecule has 20 heavy (non-hydrogen) atoms. The summed E-state index contributed by atoms with van der Waals surface area (Å²) >= 11 is 0. The van der Waals surface area contributed by atoms with Crippen LogP contribution in [0.2, 0.25) is 0 Å². The molecule has 0 aliphatic rings. The van der Waals surface area contributed by atoms with Gasteiger partial charge in [-0.05, 0) is 6.07 Å². The number of ether oxygens (including phenoxy) is 2. The van der Waals surface area contributed by atoms with Gasteiger partial charge in [0.05, 0.1) is 13.5 Å². The van der Waals surface area contributed by atoms with E-state index < -0.39 is 30.8 Å². The molecule has 9 heteroatoms. The van der Waals surface area contributed by atoms with Crippen LogP contribution in [-0.4, -0.2) is 19.6 Å². The Morgan fingerprint density at radius 3 is 2.20 bits per heavy atom. The molecule has 1 aromatic rings. The number of nitrogens with two attached hydrogens (primary N) is 1. The minimum atomic E-state index is -4.90. The second-order valence-corrected chi connectivity index (χ2v) is 3.88. The third kappa shape index (κ3) is 5.16. The molecule has 3 nitrogen and oxygen atoms in total. The van der Waals surface area contributed by atoms with Crippen LogP contribution in [0, 0.1) is 0 Å². The van der Waals surface area contributed by atoms with Gasteiger partial charge in [-0.25, -0.2) is 0 Å². The van der Waals surface area contributed by atoms with Gasteiger partial charge >= 0.3 is 12.5 Å². The summed E-state index contributed by atoms with van der Waals surface area (Å²) in [5.74, 6) is -0.805. The number of alkyl halides is 6. The third-order valence-electron chi connectivity index (χ3n) is 2.29. The van der Waals surface area contributed by atoms with Crippen LogP contribution in [0.3, 0.4) is 0 Å². The zero-order valence-electron chi connectivity index (χ0n) is 10.2. The van der Waals surface area contributed by atoms with Crippen molar-refractivity contribution in [1.82, 2.24) is 0 Å². The summed E-state index contributed by atoms with van der Waals surface area (Å²) in [6, 6.07) is 1.28. The Balaban J connectivity index is 2.99. The average molecular weight is 303 g/mol. The van der Waals surface area contributed by atoms with Gasteiger partial charge in [-0.1, -0.05) is 6.07 Å². The molecule has 0 radical (unpaired) electrons. The second-order valence-electron chi connectivity index (χ2n) is 3.88. The van der Waals surface area contributed by atoms with Gasteiger partial charge in [0.1, 0.15) is 11.5 Å². The fourth-order valence-electron chi connectivity index (χ4n) is 1.55. The van der Waals surface area contributed by atoms with Crippen molar-refractivity contribution in [3.8, 4) is 11.5 Å². The number of rotatable bonds is 4. The molecule has 0 bridgehead atoms. The van der Waals surface area contributed by atoms with E-state index in [2.05, 4.69) is 4.74 Å². The van der Waals surface area contributed by atoms with Gasteiger partial charge in [0.25, 0.3) is 0 Å². The van der Waals surface area contributed by atoms with E-state index in [1.54, 1.807) is 0 Å². The lowest BCUT2D eigenvalue weighted by atomic mass is 10.0. The smallest absolute Gasteiger partial charge is 0.496 e. The van der Waals surface area contributed by atoms with Crippen LogP contribution in [0.1, 0.15) is 18.0 Å². The summed E-state index contributed by atoms with van der Waals surface area (Å²) in [4.78, 5) is 0. The monoisotopic (exact) mass is 303 g/mol. The third-order valence-corrected chi connectivity index (χ3v) is 2.29. The second kappa shape index (κ2) is 5.78. The van der Waals surface area contributed by atoms with E-state index in [1.165, 1.54) is 0 Å². The SMILES string of the molecule is COc1cc(OC(F)(F)F)ccc1[C@@H](N)CC(F)(F)F. The first-order valence-corrected chi connectivity index (χ1v) is 5.28. The molecule has 0 fully saturated rings. The van der Waals surface area contributed by atoms with Crippen molar-refractivity contribution in [1.29, 1.82) is 0 Å². The lowest BCUT2D eigenvalue weighted by Crippen LogP contribution is -2.21. The maximum absolute atomic E-state index is 12.2. The van der Waals surface area contributed by atoms with E-state index in [0.717, 1.165) is 25.3 Å². The zero-order chi connectivity index (χ0) is 15.6. The van der Waals surface area contributed by atoms with E-state index in [1.807, 2.05) is 0 Å². The summed E-state index contributed by atoms with van der Waals surface area (Å²) in [6.45, 7) is 0. The minimum Gasteiger partial charge on any atom is -0.496 e. The Kier molecular flexibility index (Phi) is 4.74. The van der Waals surface area contributed by atoms with Crippen LogP contribution >= 0.6 is 0 Å². The van der Waals surface area contributed by atoms with Crippen molar-refractivity contribution in [2.24, 2.45) is 5.73 Å². The molecule has 0 spiro atoms. The molecule has 0 aliphatic carbocycles. The van der Waals surface area contributed by atoms with Crippen molar-refractivity contribution < 1.29 is 35.8 Å². The Bertz CT molecular complexity index is 457. The fraction of sp³-hybridized carbons (Fsp3) is 0.455. The highest BCUT2D eigenvalue weighted by atomic mass is 19.4. The summed E-state index contributed by atoms with van der Waals surface area (Å²) in [7, 11) is 1.11. The first kappa shape index (κ1) is 16.4. The van der Waals surface area contributed by atoms with E-state index in [9.17, 15) is 26.3 Å². The zero-order valence-corrected chi connectivity index (χ0v) is 10.2. The van der Waals surface area contributed by atoms with Crippen LogP contribution in [0.4, 0.5) is 26.3 Å². The Hall–Kier alpha value is -1.64. The highest BCUT2D eigenvalue weighted by molar-refractivity contribution is 5.42. The van der Waals surface area contributed by atoms with Crippen LogP contribution in [0.15, 0.2) is 18.2 Å². The first-order valence-electron chi connectivity index (χ1n) is 5.28. The van der Waals surface area contributed by atoms with E-state index in [4.69, 9.17) is 10.5 Å². The average Bonchev–Trinajstić information content (AvgIpc) is 2.24. The summed E-state index contributed by atoms with van der Waals surface area (Å²) in [5, 5.41) is 0. The maximum Gasteiger partial charge on any atom is 0.573 e. The summed E-state index contributed by atoms with van der Waals surface area (Å²) in [6.07, 6.45) is -10.7. The highest BCUT2D eigenvalue weighted by Crippen LogP contribution is 2.35. The minimum absolute atomic E-state index is 0.0562. The first-order chi connectivity index (χ1) is 9.02. The normalized spacial score (nSPS) is 14.0.